The zero-order chi connectivity index (χ0) is 16.7. The highest BCUT2D eigenvalue weighted by molar-refractivity contribution is 6.00. The summed E-state index contributed by atoms with van der Waals surface area (Å²) < 4.78 is 0. The Balaban J connectivity index is 1.77. The largest absolute Gasteiger partial charge is 0.502 e. The number of nitro benzene ring substituents is 1. The molecule has 0 saturated heterocycles. The van der Waals surface area contributed by atoms with Crippen molar-refractivity contribution in [2.75, 3.05) is 0 Å². The number of hydrogen-bond donors (Lipinski definition) is 1. The van der Waals surface area contributed by atoms with Gasteiger partial charge in [-0.3, -0.25) is 15.1 Å². The van der Waals surface area contributed by atoms with Gasteiger partial charge in [0.1, 0.15) is 0 Å². The normalized spacial score (nSPS) is 13.0. The van der Waals surface area contributed by atoms with Gasteiger partial charge in [0.15, 0.2) is 5.75 Å². The Morgan fingerprint density at radius 2 is 1.88 bits per heavy atom. The molecule has 3 aromatic rings. The highest BCUT2D eigenvalue weighted by atomic mass is 16.6. The molecule has 1 aliphatic rings. The maximum absolute atomic E-state index is 10.9. The molecule has 0 radical (unpaired) electrons. The first-order valence-electron chi connectivity index (χ1n) is 7.68. The SMILES string of the molecule is O=[N+]([O-])c1cc(C=Nc2ccc3c4c(cccc24)CC3)ccc1O. The lowest BCUT2D eigenvalue weighted by atomic mass is 10.0. The van der Waals surface area contributed by atoms with Crippen LogP contribution in [0.3, 0.4) is 0 Å². The zero-order valence-electron chi connectivity index (χ0n) is 12.8. The van der Waals surface area contributed by atoms with Crippen LogP contribution in [-0.2, 0) is 12.8 Å². The van der Waals surface area contributed by atoms with E-state index < -0.39 is 4.92 Å². The van der Waals surface area contributed by atoms with Gasteiger partial charge < -0.3 is 5.11 Å². The van der Waals surface area contributed by atoms with Gasteiger partial charge in [-0.15, -0.1) is 0 Å². The van der Waals surface area contributed by atoms with Gasteiger partial charge in [-0.05, 0) is 53.1 Å². The number of rotatable bonds is 3. The highest BCUT2D eigenvalue weighted by Crippen LogP contribution is 2.36. The topological polar surface area (TPSA) is 75.7 Å². The molecular formula is C19H14N2O3. The van der Waals surface area contributed by atoms with Gasteiger partial charge >= 0.3 is 5.69 Å². The average Bonchev–Trinajstić information content (AvgIpc) is 3.00. The van der Waals surface area contributed by atoms with Crippen molar-refractivity contribution in [2.45, 2.75) is 12.8 Å². The van der Waals surface area contributed by atoms with E-state index in [1.807, 2.05) is 12.1 Å². The summed E-state index contributed by atoms with van der Waals surface area (Å²) in [7, 11) is 0. The van der Waals surface area contributed by atoms with Crippen LogP contribution in [0.25, 0.3) is 10.8 Å². The number of nitrogens with zero attached hydrogens (tertiary/aromatic N) is 2. The monoisotopic (exact) mass is 318 g/mol. The molecular weight excluding hydrogens is 304 g/mol. The summed E-state index contributed by atoms with van der Waals surface area (Å²) in [4.78, 5) is 14.8. The molecule has 0 spiro atoms. The maximum Gasteiger partial charge on any atom is 0.311 e. The van der Waals surface area contributed by atoms with E-state index in [9.17, 15) is 15.2 Å². The van der Waals surface area contributed by atoms with Crippen molar-refractivity contribution < 1.29 is 10.0 Å². The molecule has 0 heterocycles. The number of phenolic OH excluding ortho intramolecular Hbond substituents is 1. The lowest BCUT2D eigenvalue weighted by Gasteiger charge is -2.05. The number of aromatic hydroxyl groups is 1. The number of benzene rings is 3. The first-order chi connectivity index (χ1) is 11.6. The van der Waals surface area contributed by atoms with Crippen molar-refractivity contribution in [1.29, 1.82) is 0 Å². The van der Waals surface area contributed by atoms with Crippen molar-refractivity contribution >= 4 is 28.4 Å². The van der Waals surface area contributed by atoms with Gasteiger partial charge in [0.25, 0.3) is 0 Å². The molecule has 0 atom stereocenters. The van der Waals surface area contributed by atoms with E-state index in [-0.39, 0.29) is 11.4 Å². The Kier molecular flexibility index (Phi) is 3.27. The van der Waals surface area contributed by atoms with Crippen molar-refractivity contribution in [3.05, 3.63) is 75.3 Å². The van der Waals surface area contributed by atoms with E-state index in [0.717, 1.165) is 23.9 Å². The van der Waals surface area contributed by atoms with Crippen LogP contribution in [0, 0.1) is 10.1 Å². The van der Waals surface area contributed by atoms with Crippen molar-refractivity contribution in [2.24, 2.45) is 4.99 Å². The molecule has 118 valence electrons. The standard InChI is InChI=1S/C19H14N2O3/c22-18-9-4-12(10-17(18)21(23)24)11-20-16-8-7-14-6-5-13-2-1-3-15(16)19(13)14/h1-4,7-11,22H,5-6H2. The molecule has 1 aliphatic carbocycles. The van der Waals surface area contributed by atoms with E-state index in [0.29, 0.717) is 5.56 Å². The fraction of sp³-hybridized carbons (Fsp3) is 0.105. The van der Waals surface area contributed by atoms with Gasteiger partial charge in [0.05, 0.1) is 10.6 Å². The fourth-order valence-corrected chi connectivity index (χ4v) is 3.26. The molecule has 0 fully saturated rings. The Bertz CT molecular complexity index is 999. The predicted octanol–water partition coefficient (Wildman–Crippen LogP) is 4.30. The van der Waals surface area contributed by atoms with Crippen LogP contribution in [0.2, 0.25) is 0 Å². The highest BCUT2D eigenvalue weighted by Gasteiger charge is 2.16. The van der Waals surface area contributed by atoms with E-state index >= 15 is 0 Å². The molecule has 0 aliphatic heterocycles. The molecule has 0 amide bonds. The predicted molar refractivity (Wildman–Crippen MR) is 93.4 cm³/mol. The summed E-state index contributed by atoms with van der Waals surface area (Å²) in [5.74, 6) is -0.345. The minimum Gasteiger partial charge on any atom is -0.502 e. The van der Waals surface area contributed by atoms with E-state index in [2.05, 4.69) is 23.2 Å². The average molecular weight is 318 g/mol. The number of nitro groups is 1. The number of aryl methyl sites for hydroxylation is 2. The molecule has 3 aromatic carbocycles. The second-order valence-corrected chi connectivity index (χ2v) is 5.85. The summed E-state index contributed by atoms with van der Waals surface area (Å²) in [5, 5.41) is 22.8. The zero-order valence-corrected chi connectivity index (χ0v) is 12.8. The summed E-state index contributed by atoms with van der Waals surface area (Å²) in [6.45, 7) is 0. The van der Waals surface area contributed by atoms with Crippen molar-refractivity contribution in [1.82, 2.24) is 0 Å². The maximum atomic E-state index is 10.9. The van der Waals surface area contributed by atoms with Gasteiger partial charge in [-0.1, -0.05) is 24.3 Å². The fourth-order valence-electron chi connectivity index (χ4n) is 3.26. The van der Waals surface area contributed by atoms with Crippen LogP contribution in [0.1, 0.15) is 16.7 Å². The summed E-state index contributed by atoms with van der Waals surface area (Å²) >= 11 is 0. The van der Waals surface area contributed by atoms with Crippen LogP contribution in [-0.4, -0.2) is 16.2 Å². The van der Waals surface area contributed by atoms with Gasteiger partial charge in [-0.25, -0.2) is 0 Å². The van der Waals surface area contributed by atoms with Gasteiger partial charge in [-0.2, -0.15) is 0 Å². The minimum atomic E-state index is -0.606. The molecule has 0 unspecified atom stereocenters. The van der Waals surface area contributed by atoms with Crippen molar-refractivity contribution in [3.8, 4) is 5.75 Å². The summed E-state index contributed by atoms with van der Waals surface area (Å²) in [5.41, 5.74) is 3.79. The second kappa shape index (κ2) is 5.45. The lowest BCUT2D eigenvalue weighted by molar-refractivity contribution is -0.385. The molecule has 5 nitrogen and oxygen atoms in total. The molecule has 5 heteroatoms. The quantitative estimate of drug-likeness (QED) is 0.444. The van der Waals surface area contributed by atoms with Crippen LogP contribution in [0.5, 0.6) is 5.75 Å². The number of aliphatic imine (C=N–C) groups is 1. The van der Waals surface area contributed by atoms with Gasteiger partial charge in [0, 0.05) is 17.7 Å². The molecule has 0 saturated carbocycles. The van der Waals surface area contributed by atoms with E-state index in [1.165, 1.54) is 28.6 Å². The lowest BCUT2D eigenvalue weighted by Crippen LogP contribution is -1.90. The van der Waals surface area contributed by atoms with E-state index in [4.69, 9.17) is 0 Å². The first kappa shape index (κ1) is 14.4. The van der Waals surface area contributed by atoms with Gasteiger partial charge in [0.2, 0.25) is 0 Å². The first-order valence-corrected chi connectivity index (χ1v) is 7.68. The third-order valence-corrected chi connectivity index (χ3v) is 4.40. The van der Waals surface area contributed by atoms with Crippen LogP contribution >= 0.6 is 0 Å². The summed E-state index contributed by atoms with van der Waals surface area (Å²) in [6.07, 6.45) is 3.71. The Labute approximate surface area is 138 Å². The van der Waals surface area contributed by atoms with Crippen LogP contribution in [0.15, 0.2) is 53.5 Å². The Hall–Kier alpha value is -3.21. The minimum absolute atomic E-state index is 0.320. The molecule has 0 aromatic heterocycles. The second-order valence-electron chi connectivity index (χ2n) is 5.85. The third-order valence-electron chi connectivity index (χ3n) is 4.40. The molecule has 1 N–H and O–H groups in total. The number of phenols is 1. The number of hydrogen-bond acceptors (Lipinski definition) is 4. The van der Waals surface area contributed by atoms with Crippen LogP contribution < -0.4 is 0 Å². The summed E-state index contributed by atoms with van der Waals surface area (Å²) in [6, 6.07) is 14.6. The Morgan fingerprint density at radius 3 is 2.67 bits per heavy atom. The molecule has 24 heavy (non-hydrogen) atoms. The molecule has 4 rings (SSSR count). The molecule has 0 bridgehead atoms. The van der Waals surface area contributed by atoms with Crippen LogP contribution in [0.4, 0.5) is 11.4 Å². The van der Waals surface area contributed by atoms with Crippen molar-refractivity contribution in [3.63, 3.8) is 0 Å². The Morgan fingerprint density at radius 1 is 1.08 bits per heavy atom. The smallest absolute Gasteiger partial charge is 0.311 e. The van der Waals surface area contributed by atoms with E-state index in [1.54, 1.807) is 12.3 Å². The third kappa shape index (κ3) is 2.31.